The Balaban J connectivity index is 3.22. The average molecular weight is 304 g/mol. The van der Waals surface area contributed by atoms with Gasteiger partial charge in [0.2, 0.25) is 0 Å². The molecule has 0 aliphatic heterocycles. The molecule has 0 radical (unpaired) electrons. The Morgan fingerprint density at radius 2 is 2.09 bits per heavy atom. The number of esters is 1. The van der Waals surface area contributed by atoms with Crippen LogP contribution in [0.15, 0.2) is 0 Å². The summed E-state index contributed by atoms with van der Waals surface area (Å²) in [6.45, 7) is 4.12. The number of carbonyl (C=O) groups excluding carboxylic acids is 1. The highest BCUT2D eigenvalue weighted by molar-refractivity contribution is 9.51. The summed E-state index contributed by atoms with van der Waals surface area (Å²) in [4.78, 5) is 10.3. The Labute approximate surface area is 83.9 Å². The maximum absolute atomic E-state index is 10.3. The second-order valence-electron chi connectivity index (χ2n) is 2.51. The zero-order valence-corrected chi connectivity index (χ0v) is 10.9. The molecule has 0 amide bonds. The summed E-state index contributed by atoms with van der Waals surface area (Å²) in [6, 6.07) is 1.07. The summed E-state index contributed by atoms with van der Waals surface area (Å²) >= 11 is 7.12. The normalized spacial score (nSPS) is 11.3. The van der Waals surface area contributed by atoms with Crippen LogP contribution in [0.1, 0.15) is 13.3 Å². The number of carbonyl (C=O) groups is 1. The van der Waals surface area contributed by atoms with E-state index in [4.69, 9.17) is 4.74 Å². The van der Waals surface area contributed by atoms with Gasteiger partial charge in [-0.3, -0.25) is 4.79 Å². The summed E-state index contributed by atoms with van der Waals surface area (Å²) in [5, 5.41) is -1.30. The van der Waals surface area contributed by atoms with Gasteiger partial charge >= 0.3 is 5.97 Å². The van der Waals surface area contributed by atoms with Crippen molar-refractivity contribution in [2.45, 2.75) is 25.9 Å². The van der Waals surface area contributed by atoms with E-state index in [1.54, 1.807) is 0 Å². The highest BCUT2D eigenvalue weighted by Crippen LogP contribution is 2.25. The first-order valence-corrected chi connectivity index (χ1v) is 10.6. The Morgan fingerprint density at radius 3 is 2.45 bits per heavy atom. The van der Waals surface area contributed by atoms with Crippen molar-refractivity contribution in [1.29, 1.82) is 0 Å². The molecule has 66 valence electrons. The molecule has 0 saturated carbocycles. The van der Waals surface area contributed by atoms with Gasteiger partial charge in [-0.2, -0.15) is 0 Å². The number of ether oxygens (including phenoxy) is 1. The fraction of sp³-hybridized carbons (Fsp3) is 0.833. The highest BCUT2D eigenvalue weighted by Gasteiger charge is 2.17. The van der Waals surface area contributed by atoms with Crippen molar-refractivity contribution in [2.24, 2.45) is 0 Å². The van der Waals surface area contributed by atoms with Crippen molar-refractivity contribution in [3.05, 3.63) is 0 Å². The van der Waals surface area contributed by atoms with E-state index in [1.807, 2.05) is 0 Å². The zero-order chi connectivity index (χ0) is 8.91. The van der Waals surface area contributed by atoms with Crippen molar-refractivity contribution < 1.29 is 9.53 Å². The van der Waals surface area contributed by atoms with E-state index < -0.39 is 5.31 Å². The molecule has 0 saturated heterocycles. The summed E-state index contributed by atoms with van der Waals surface area (Å²) in [7, 11) is 0. The number of hydrogen-bond acceptors (Lipinski definition) is 2. The topological polar surface area (TPSA) is 26.3 Å². The van der Waals surface area contributed by atoms with E-state index in [2.05, 4.69) is 37.1 Å². The number of halogens is 2. The van der Waals surface area contributed by atoms with Crippen LogP contribution >= 0.6 is 30.6 Å². The van der Waals surface area contributed by atoms with Crippen molar-refractivity contribution in [3.8, 4) is 0 Å². The first kappa shape index (κ1) is 11.6. The molecule has 0 aliphatic rings. The average Bonchev–Trinajstić information content (AvgIpc) is 1.78. The Bertz CT molecular complexity index is 133. The maximum Gasteiger partial charge on any atom is 0.302 e. The smallest absolute Gasteiger partial charge is 0.302 e. The third kappa shape index (κ3) is 10.6. The van der Waals surface area contributed by atoms with Crippen LogP contribution in [-0.2, 0) is 9.53 Å². The van der Waals surface area contributed by atoms with Gasteiger partial charge in [-0.1, -0.05) is 6.55 Å². The van der Waals surface area contributed by atoms with E-state index in [1.165, 1.54) is 6.92 Å². The maximum atomic E-state index is 10.3. The Kier molecular flexibility index (Phi) is 5.63. The molecule has 0 aromatic rings. The number of rotatable bonds is 4. The summed E-state index contributed by atoms with van der Waals surface area (Å²) in [5.74, 6) is -0.197. The molecule has 5 heteroatoms. The van der Waals surface area contributed by atoms with Crippen molar-refractivity contribution >= 4 is 41.9 Å². The van der Waals surface area contributed by atoms with Crippen LogP contribution in [0.25, 0.3) is 0 Å². The molecule has 0 heterocycles. The van der Waals surface area contributed by atoms with Gasteiger partial charge < -0.3 is 4.74 Å². The van der Waals surface area contributed by atoms with Crippen LogP contribution in [0, 0.1) is 0 Å². The third-order valence-corrected chi connectivity index (χ3v) is 4.68. The third-order valence-electron chi connectivity index (χ3n) is 1.07. The number of hydrogen-bond donors (Lipinski definition) is 0. The largest absolute Gasteiger partial charge is 0.466 e. The van der Waals surface area contributed by atoms with E-state index in [0.717, 1.165) is 12.5 Å². The first-order valence-electron chi connectivity index (χ1n) is 3.43. The summed E-state index contributed by atoms with van der Waals surface area (Å²) in [5.41, 5.74) is 0. The lowest BCUT2D eigenvalue weighted by Crippen LogP contribution is -2.12. The van der Waals surface area contributed by atoms with Crippen LogP contribution in [0.4, 0.5) is 0 Å². The fourth-order valence-corrected chi connectivity index (χ4v) is 3.05. The Morgan fingerprint density at radius 1 is 1.55 bits per heavy atom. The molecule has 0 unspecified atom stereocenters. The lowest BCUT2D eigenvalue weighted by molar-refractivity contribution is -0.140. The summed E-state index contributed by atoms with van der Waals surface area (Å²) < 4.78 is 4.78. The van der Waals surface area contributed by atoms with Crippen molar-refractivity contribution in [3.63, 3.8) is 0 Å². The van der Waals surface area contributed by atoms with Gasteiger partial charge in [0.1, 0.15) is 0 Å². The fourth-order valence-electron chi connectivity index (χ4n) is 0.598. The quantitative estimate of drug-likeness (QED) is 0.345. The lowest BCUT2D eigenvalue weighted by atomic mass is 10.5. The van der Waals surface area contributed by atoms with E-state index in [0.29, 0.717) is 6.61 Å². The molecule has 0 aromatic carbocycles. The van der Waals surface area contributed by atoms with Crippen LogP contribution in [0.3, 0.4) is 0 Å². The van der Waals surface area contributed by atoms with Crippen LogP contribution in [-0.4, -0.2) is 17.9 Å². The van der Waals surface area contributed by atoms with Gasteiger partial charge in [0.05, 0.1) is 6.61 Å². The minimum Gasteiger partial charge on any atom is -0.466 e. The molecule has 0 spiro atoms. The predicted octanol–water partition coefficient (Wildman–Crippen LogP) is 2.80. The minimum atomic E-state index is -1.30. The lowest BCUT2D eigenvalue weighted by Gasteiger charge is -2.09. The second kappa shape index (κ2) is 5.32. The van der Waals surface area contributed by atoms with Gasteiger partial charge in [0, 0.05) is 6.92 Å². The van der Waals surface area contributed by atoms with Crippen LogP contribution < -0.4 is 0 Å². The molecule has 0 atom stereocenters. The molecule has 0 N–H and O–H groups in total. The van der Waals surface area contributed by atoms with Crippen molar-refractivity contribution in [2.75, 3.05) is 6.61 Å². The second-order valence-corrected chi connectivity index (χ2v) is 18.8. The predicted molar refractivity (Wildman–Crippen MR) is 55.5 cm³/mol. The molecule has 0 rings (SSSR count). The van der Waals surface area contributed by atoms with Gasteiger partial charge in [0.25, 0.3) is 0 Å². The van der Waals surface area contributed by atoms with Gasteiger partial charge in [0.15, 0.2) is 5.31 Å². The minimum absolute atomic E-state index is 0.197. The van der Waals surface area contributed by atoms with E-state index in [-0.39, 0.29) is 5.97 Å². The molecule has 0 aliphatic carbocycles. The SMILES string of the molecule is CC(=O)OCCC[Si](C)(Br)Br. The van der Waals surface area contributed by atoms with Gasteiger partial charge in [-0.25, -0.2) is 0 Å². The molecule has 0 fully saturated rings. The van der Waals surface area contributed by atoms with Crippen LogP contribution in [0.5, 0.6) is 0 Å². The zero-order valence-electron chi connectivity index (χ0n) is 6.69. The molecule has 0 aromatic heterocycles. The first-order chi connectivity index (χ1) is 4.92. The Hall–Kier alpha value is 0.647. The molecular weight excluding hydrogens is 292 g/mol. The monoisotopic (exact) mass is 302 g/mol. The van der Waals surface area contributed by atoms with Crippen molar-refractivity contribution in [1.82, 2.24) is 0 Å². The molecule has 2 nitrogen and oxygen atoms in total. The van der Waals surface area contributed by atoms with E-state index in [9.17, 15) is 4.79 Å². The molecule has 0 bridgehead atoms. The van der Waals surface area contributed by atoms with Gasteiger partial charge in [-0.15, -0.1) is 30.6 Å². The molecular formula is C6H12Br2O2Si. The van der Waals surface area contributed by atoms with E-state index >= 15 is 0 Å². The van der Waals surface area contributed by atoms with Crippen LogP contribution in [0.2, 0.25) is 12.6 Å². The van der Waals surface area contributed by atoms with Gasteiger partial charge in [-0.05, 0) is 12.5 Å². The highest BCUT2D eigenvalue weighted by atomic mass is 79.9. The standard InChI is InChI=1S/C6H12Br2O2Si/c1-6(9)10-4-3-5-11(2,7)8/h3-5H2,1-2H3. The molecule has 11 heavy (non-hydrogen) atoms. The summed E-state index contributed by atoms with van der Waals surface area (Å²) in [6.07, 6.45) is 0.929.